The highest BCUT2D eigenvalue weighted by Gasteiger charge is 2.07. The number of nitrogens with one attached hydrogen (secondary N) is 1. The summed E-state index contributed by atoms with van der Waals surface area (Å²) in [5.74, 6) is 0. The van der Waals surface area contributed by atoms with Crippen molar-refractivity contribution in [1.29, 1.82) is 0 Å². The molecule has 0 fully saturated rings. The van der Waals surface area contributed by atoms with Crippen molar-refractivity contribution in [1.82, 2.24) is 5.48 Å². The molecule has 0 saturated heterocycles. The predicted octanol–water partition coefficient (Wildman–Crippen LogP) is 0.804. The Morgan fingerprint density at radius 2 is 1.94 bits per heavy atom. The Hall–Kier alpha value is -1.60. The van der Waals surface area contributed by atoms with Crippen molar-refractivity contribution < 1.29 is 22.2 Å². The van der Waals surface area contributed by atoms with E-state index in [0.29, 0.717) is 0 Å². The maximum absolute atomic E-state index is 10.9. The molecule has 0 bridgehead atoms. The molecule has 1 N–H and O–H groups in total. The second kappa shape index (κ2) is 5.47. The van der Waals surface area contributed by atoms with Crippen LogP contribution in [0.25, 0.3) is 0 Å². The molecule has 0 aromatic heterocycles. The minimum absolute atomic E-state index is 0.0415. The molecule has 1 amide bonds. The van der Waals surface area contributed by atoms with E-state index in [1.54, 1.807) is 29.7 Å². The highest BCUT2D eigenvalue weighted by molar-refractivity contribution is 7.85. The number of carbonyl (C=O) groups excluding carboxylic acids is 1. The van der Waals surface area contributed by atoms with Crippen molar-refractivity contribution >= 4 is 16.2 Å². The van der Waals surface area contributed by atoms with Gasteiger partial charge >= 0.3 is 6.09 Å². The van der Waals surface area contributed by atoms with Gasteiger partial charge in [-0.05, 0) is 5.56 Å². The summed E-state index contributed by atoms with van der Waals surface area (Å²) in [6.07, 6.45) is -0.154. The molecule has 0 aliphatic rings. The van der Waals surface area contributed by atoms with Crippen LogP contribution in [0.4, 0.5) is 4.79 Å². The van der Waals surface area contributed by atoms with Crippen LogP contribution in [-0.2, 0) is 25.7 Å². The summed E-state index contributed by atoms with van der Waals surface area (Å²) < 4.78 is 29.7. The van der Waals surface area contributed by atoms with E-state index in [-0.39, 0.29) is 6.61 Å². The van der Waals surface area contributed by atoms with Gasteiger partial charge in [0.05, 0.1) is 6.26 Å². The quantitative estimate of drug-likeness (QED) is 0.793. The molecular formula is C9H11NO5S. The van der Waals surface area contributed by atoms with Gasteiger partial charge in [-0.1, -0.05) is 30.3 Å². The first-order valence-electron chi connectivity index (χ1n) is 4.32. The average Bonchev–Trinajstić information content (AvgIpc) is 2.24. The van der Waals surface area contributed by atoms with Crippen LogP contribution in [-0.4, -0.2) is 20.8 Å². The number of carbonyl (C=O) groups is 1. The van der Waals surface area contributed by atoms with Crippen LogP contribution in [0.5, 0.6) is 0 Å². The zero-order valence-electron chi connectivity index (χ0n) is 8.54. The standard InChI is InChI=1S/C9H11NO5S/c1-16(12,13)15-10-9(11)14-7-8-5-3-2-4-6-8/h2-6H,7H2,1H3,(H,10,11). The molecule has 16 heavy (non-hydrogen) atoms. The number of ether oxygens (including phenoxy) is 1. The predicted molar refractivity (Wildman–Crippen MR) is 55.7 cm³/mol. The van der Waals surface area contributed by atoms with Gasteiger partial charge in [0.15, 0.2) is 0 Å². The Morgan fingerprint density at radius 3 is 2.50 bits per heavy atom. The van der Waals surface area contributed by atoms with Crippen LogP contribution in [0, 0.1) is 0 Å². The van der Waals surface area contributed by atoms with Gasteiger partial charge in [-0.25, -0.2) is 4.79 Å². The van der Waals surface area contributed by atoms with Crippen LogP contribution in [0.2, 0.25) is 0 Å². The molecule has 1 rings (SSSR count). The summed E-state index contributed by atoms with van der Waals surface area (Å²) in [6.45, 7) is 0.0415. The van der Waals surface area contributed by atoms with Crippen LogP contribution in [0.3, 0.4) is 0 Å². The minimum Gasteiger partial charge on any atom is -0.443 e. The Balaban J connectivity index is 2.31. The zero-order valence-corrected chi connectivity index (χ0v) is 9.36. The van der Waals surface area contributed by atoms with Gasteiger partial charge in [0.25, 0.3) is 10.1 Å². The Bertz CT molecular complexity index is 442. The molecule has 88 valence electrons. The Labute approximate surface area is 93.3 Å². The van der Waals surface area contributed by atoms with Gasteiger partial charge in [0.2, 0.25) is 0 Å². The summed E-state index contributed by atoms with van der Waals surface area (Å²) in [5.41, 5.74) is 2.43. The fourth-order valence-electron chi connectivity index (χ4n) is 0.862. The van der Waals surface area contributed by atoms with Crippen LogP contribution >= 0.6 is 0 Å². The van der Waals surface area contributed by atoms with Crippen molar-refractivity contribution in [2.24, 2.45) is 0 Å². The molecule has 0 atom stereocenters. The Kier molecular flexibility index (Phi) is 4.27. The van der Waals surface area contributed by atoms with Crippen LogP contribution < -0.4 is 5.48 Å². The van der Waals surface area contributed by atoms with Crippen molar-refractivity contribution in [2.45, 2.75) is 6.61 Å². The number of amides is 1. The molecule has 0 heterocycles. The van der Waals surface area contributed by atoms with E-state index in [2.05, 4.69) is 9.02 Å². The molecule has 1 aromatic carbocycles. The second-order valence-corrected chi connectivity index (χ2v) is 4.53. The lowest BCUT2D eigenvalue weighted by Crippen LogP contribution is -2.27. The van der Waals surface area contributed by atoms with Gasteiger partial charge in [0.1, 0.15) is 6.61 Å². The fraction of sp³-hybridized carbons (Fsp3) is 0.222. The molecule has 0 spiro atoms. The van der Waals surface area contributed by atoms with Crippen molar-refractivity contribution in [2.75, 3.05) is 6.26 Å². The third kappa shape index (κ3) is 5.32. The van der Waals surface area contributed by atoms with Gasteiger partial charge in [0, 0.05) is 0 Å². The molecule has 1 aromatic rings. The summed E-state index contributed by atoms with van der Waals surface area (Å²) in [4.78, 5) is 10.9. The Morgan fingerprint density at radius 1 is 1.31 bits per heavy atom. The molecule has 0 unspecified atom stereocenters. The molecule has 0 aliphatic heterocycles. The van der Waals surface area contributed by atoms with Crippen LogP contribution in [0.15, 0.2) is 30.3 Å². The molecule has 0 saturated carbocycles. The monoisotopic (exact) mass is 245 g/mol. The number of hydrogen-bond donors (Lipinski definition) is 1. The van der Waals surface area contributed by atoms with Crippen molar-refractivity contribution in [3.8, 4) is 0 Å². The van der Waals surface area contributed by atoms with E-state index < -0.39 is 16.2 Å². The third-order valence-electron chi connectivity index (χ3n) is 1.49. The summed E-state index contributed by atoms with van der Waals surface area (Å²) in [5, 5.41) is 0. The number of rotatable bonds is 4. The first-order valence-corrected chi connectivity index (χ1v) is 6.14. The maximum atomic E-state index is 10.9. The number of hydroxylamine groups is 1. The number of hydrogen-bond acceptors (Lipinski definition) is 5. The van der Waals surface area contributed by atoms with Gasteiger partial charge < -0.3 is 4.74 Å². The maximum Gasteiger partial charge on any atom is 0.432 e. The van der Waals surface area contributed by atoms with Crippen molar-refractivity contribution in [3.63, 3.8) is 0 Å². The highest BCUT2D eigenvalue weighted by atomic mass is 32.2. The summed E-state index contributed by atoms with van der Waals surface area (Å²) >= 11 is 0. The van der Waals surface area contributed by atoms with E-state index in [1.807, 2.05) is 6.07 Å². The molecular weight excluding hydrogens is 234 g/mol. The highest BCUT2D eigenvalue weighted by Crippen LogP contribution is 2.00. The zero-order chi connectivity index (χ0) is 12.0. The van der Waals surface area contributed by atoms with E-state index in [9.17, 15) is 13.2 Å². The summed E-state index contributed by atoms with van der Waals surface area (Å²) in [6, 6.07) is 8.96. The van der Waals surface area contributed by atoms with Gasteiger partial charge in [-0.2, -0.15) is 13.9 Å². The fourth-order valence-corrected chi connectivity index (χ4v) is 1.08. The average molecular weight is 245 g/mol. The molecule has 6 nitrogen and oxygen atoms in total. The molecule has 0 radical (unpaired) electrons. The smallest absolute Gasteiger partial charge is 0.432 e. The van der Waals surface area contributed by atoms with Crippen LogP contribution in [0.1, 0.15) is 5.56 Å². The van der Waals surface area contributed by atoms with Gasteiger partial charge in [-0.3, -0.25) is 0 Å². The molecule has 7 heteroatoms. The van der Waals surface area contributed by atoms with E-state index in [4.69, 9.17) is 0 Å². The first kappa shape index (κ1) is 12.5. The first-order chi connectivity index (χ1) is 7.47. The van der Waals surface area contributed by atoms with E-state index in [0.717, 1.165) is 11.8 Å². The lowest BCUT2D eigenvalue weighted by atomic mass is 10.2. The minimum atomic E-state index is -3.71. The second-order valence-electron chi connectivity index (χ2n) is 2.95. The lowest BCUT2D eigenvalue weighted by Gasteiger charge is -2.05. The van der Waals surface area contributed by atoms with E-state index in [1.165, 1.54) is 0 Å². The largest absolute Gasteiger partial charge is 0.443 e. The third-order valence-corrected chi connectivity index (χ3v) is 1.88. The normalized spacial score (nSPS) is 10.8. The SMILES string of the molecule is CS(=O)(=O)ONC(=O)OCc1ccccc1. The lowest BCUT2D eigenvalue weighted by molar-refractivity contribution is 0.0975. The number of benzene rings is 1. The summed E-state index contributed by atoms with van der Waals surface area (Å²) in [7, 11) is -3.71. The van der Waals surface area contributed by atoms with Crippen molar-refractivity contribution in [3.05, 3.63) is 35.9 Å². The molecule has 0 aliphatic carbocycles. The topological polar surface area (TPSA) is 81.7 Å². The van der Waals surface area contributed by atoms with E-state index >= 15 is 0 Å². The van der Waals surface area contributed by atoms with Gasteiger partial charge in [-0.15, -0.1) is 4.28 Å².